The number of phosphoric acid groups is 2. The highest BCUT2D eigenvalue weighted by atomic mass is 31.2. The van der Waals surface area contributed by atoms with Gasteiger partial charge in [0.15, 0.2) is 18.9 Å². The Kier molecular flexibility index (Phi) is 43.3. The molecule has 3 rings (SSSR count). The van der Waals surface area contributed by atoms with Crippen molar-refractivity contribution in [1.82, 2.24) is 16.0 Å². The molecule has 542 valence electrons. The lowest BCUT2D eigenvalue weighted by atomic mass is 9.99. The third-order valence-corrected chi connectivity index (χ3v) is 14.4. The molecule has 0 aliphatic carbocycles. The molecule has 3 saturated heterocycles. The number of ether oxygens (including phenoxy) is 16. The number of rotatable bonds is 53. The van der Waals surface area contributed by atoms with Crippen molar-refractivity contribution in [2.75, 3.05) is 179 Å². The van der Waals surface area contributed by atoms with Crippen molar-refractivity contribution in [2.24, 2.45) is 5.92 Å². The van der Waals surface area contributed by atoms with E-state index in [-0.39, 0.29) is 201 Å². The minimum atomic E-state index is -4.91. The summed E-state index contributed by atoms with van der Waals surface area (Å²) >= 11 is 0. The van der Waals surface area contributed by atoms with Crippen molar-refractivity contribution in [1.29, 1.82) is 0 Å². The number of carbonyl (C=O) groups excluding carboxylic acids is 3. The molecule has 0 radical (unpaired) electrons. The molecule has 17 atom stereocenters. The second kappa shape index (κ2) is 47.6. The molecular weight excluding hydrogens is 1290 g/mol. The Hall–Kier alpha value is -2.37. The van der Waals surface area contributed by atoms with Crippen LogP contribution in [0.4, 0.5) is 0 Å². The molecule has 3 aliphatic heterocycles. The van der Waals surface area contributed by atoms with E-state index in [1.807, 2.05) is 6.92 Å². The van der Waals surface area contributed by atoms with Crippen LogP contribution in [-0.2, 0) is 108 Å². The number of amides is 3. The molecule has 41 heteroatoms. The first kappa shape index (κ1) is 83.9. The Morgan fingerprint density at radius 3 is 1.03 bits per heavy atom. The van der Waals surface area contributed by atoms with Crippen molar-refractivity contribution < 1.29 is 174 Å². The Morgan fingerprint density at radius 1 is 0.391 bits per heavy atom. The minimum absolute atomic E-state index is 0.000439. The summed E-state index contributed by atoms with van der Waals surface area (Å²) < 4.78 is 118. The van der Waals surface area contributed by atoms with Crippen LogP contribution in [-0.4, -0.2) is 360 Å². The van der Waals surface area contributed by atoms with Gasteiger partial charge in [-0.1, -0.05) is 6.92 Å². The molecule has 3 heterocycles. The van der Waals surface area contributed by atoms with Gasteiger partial charge in [-0.05, 0) is 0 Å². The molecule has 3 fully saturated rings. The van der Waals surface area contributed by atoms with Crippen LogP contribution in [0.1, 0.15) is 26.2 Å². The fourth-order valence-electron chi connectivity index (χ4n) is 8.36. The molecule has 0 aromatic rings. The summed E-state index contributed by atoms with van der Waals surface area (Å²) in [6, 6.07) is 0. The number of hydrogen-bond acceptors (Lipinski definition) is 32. The first-order chi connectivity index (χ1) is 43.8. The van der Waals surface area contributed by atoms with Gasteiger partial charge in [0, 0.05) is 51.9 Å². The maximum Gasteiger partial charge on any atom is 0.469 e. The zero-order valence-corrected chi connectivity index (χ0v) is 53.2. The third kappa shape index (κ3) is 35.8. The molecule has 92 heavy (non-hydrogen) atoms. The average Bonchev–Trinajstić information content (AvgIpc) is 2.58. The molecule has 17 unspecified atom stereocenters. The highest BCUT2D eigenvalue weighted by Crippen LogP contribution is 2.38. The van der Waals surface area contributed by atoms with E-state index < -0.39 is 127 Å². The summed E-state index contributed by atoms with van der Waals surface area (Å²) in [5.74, 6) is -1.25. The number of aliphatic hydroxyl groups is 9. The number of methoxy groups -OCH3 is 1. The molecule has 0 bridgehead atoms. The number of carbonyl (C=O) groups is 3. The van der Waals surface area contributed by atoms with Crippen LogP contribution in [0.3, 0.4) is 0 Å². The maximum absolute atomic E-state index is 12.7. The van der Waals surface area contributed by atoms with E-state index in [0.717, 1.165) is 0 Å². The second-order valence-corrected chi connectivity index (χ2v) is 23.2. The quantitative estimate of drug-likeness (QED) is 0.0199. The number of aliphatic hydroxyl groups excluding tert-OH is 9. The first-order valence-corrected chi connectivity index (χ1v) is 32.8. The number of nitrogens with one attached hydrogen (secondary N) is 3. The van der Waals surface area contributed by atoms with Crippen LogP contribution < -0.4 is 16.0 Å². The lowest BCUT2D eigenvalue weighted by Crippen LogP contribution is -2.59. The van der Waals surface area contributed by atoms with Gasteiger partial charge in [0.05, 0.1) is 158 Å². The second-order valence-electron chi connectivity index (χ2n) is 20.7. The van der Waals surface area contributed by atoms with Crippen molar-refractivity contribution in [3.05, 3.63) is 0 Å². The Morgan fingerprint density at radius 2 is 0.696 bits per heavy atom. The number of phosphoric ester groups is 2. The molecule has 3 amide bonds. The molecule has 3 aliphatic rings. The van der Waals surface area contributed by atoms with Gasteiger partial charge in [-0.15, -0.1) is 0 Å². The van der Waals surface area contributed by atoms with Gasteiger partial charge in [0.1, 0.15) is 73.2 Å². The molecule has 16 N–H and O–H groups in total. The lowest BCUT2D eigenvalue weighted by Gasteiger charge is -2.40. The standard InChI is InChI=1S/C51H97N3O36P2/c1-32(27-80-9-3-37(55)52-6-12-74-16-19-78-22-25-84-50-47(65)44(62)41(59)35(89-50)30-86-91(67,68)69)33(29-81-10-4-38(56)53-7-13-75-15-18-77-21-24-83-49-46(64)43(61)40(58)34(88-49)28-73-2)82-11-5-39(57)54-8-14-76-17-20-79-23-26-85-51-48(66)45(63)42(60)36(90-51)31-87-92(70,71)72/h32-36,40-51,58-66H,3-31H2,1-2H3,(H,52,55)(H,53,56)(H,54,57)(H2,67,68,69)(H2,70,71,72). The van der Waals surface area contributed by atoms with Crippen LogP contribution in [0.25, 0.3) is 0 Å². The van der Waals surface area contributed by atoms with Gasteiger partial charge < -0.3 is 157 Å². The van der Waals surface area contributed by atoms with E-state index in [9.17, 15) is 69.5 Å². The summed E-state index contributed by atoms with van der Waals surface area (Å²) in [6.07, 6.45) is -22.9. The summed E-state index contributed by atoms with van der Waals surface area (Å²) in [5.41, 5.74) is 0. The fourth-order valence-corrected chi connectivity index (χ4v) is 9.04. The van der Waals surface area contributed by atoms with E-state index in [2.05, 4.69) is 25.0 Å². The van der Waals surface area contributed by atoms with Crippen LogP contribution in [0.2, 0.25) is 0 Å². The van der Waals surface area contributed by atoms with Crippen molar-refractivity contribution >= 4 is 33.4 Å². The predicted octanol–water partition coefficient (Wildman–Crippen LogP) is -8.00. The molecule has 0 spiro atoms. The first-order valence-electron chi connectivity index (χ1n) is 29.7. The monoisotopic (exact) mass is 1390 g/mol. The van der Waals surface area contributed by atoms with Crippen molar-refractivity contribution in [3.8, 4) is 0 Å². The van der Waals surface area contributed by atoms with Crippen LogP contribution in [0.15, 0.2) is 0 Å². The topological polar surface area (TPSA) is 551 Å². The predicted molar refractivity (Wildman–Crippen MR) is 304 cm³/mol. The van der Waals surface area contributed by atoms with Crippen LogP contribution >= 0.6 is 15.6 Å². The van der Waals surface area contributed by atoms with Gasteiger partial charge in [-0.2, -0.15) is 0 Å². The van der Waals surface area contributed by atoms with E-state index >= 15 is 0 Å². The van der Waals surface area contributed by atoms with E-state index in [0.29, 0.717) is 0 Å². The summed E-state index contributed by atoms with van der Waals surface area (Å²) in [6.45, 7) is 2.31. The maximum atomic E-state index is 12.7. The highest BCUT2D eigenvalue weighted by molar-refractivity contribution is 7.46. The molecule has 0 saturated carbocycles. The Bertz CT molecular complexity index is 2060. The van der Waals surface area contributed by atoms with Crippen LogP contribution in [0, 0.1) is 5.92 Å². The fraction of sp³-hybridized carbons (Fsp3) is 0.941. The van der Waals surface area contributed by atoms with E-state index in [1.165, 1.54) is 7.11 Å². The summed E-state index contributed by atoms with van der Waals surface area (Å²) in [7, 11) is -8.40. The summed E-state index contributed by atoms with van der Waals surface area (Å²) in [5, 5.41) is 99.0. The largest absolute Gasteiger partial charge is 0.469 e. The molecular formula is C51H97N3O36P2. The van der Waals surface area contributed by atoms with E-state index in [1.54, 1.807) is 0 Å². The Labute approximate surface area is 531 Å². The minimum Gasteiger partial charge on any atom is -0.387 e. The van der Waals surface area contributed by atoms with Crippen molar-refractivity contribution in [3.63, 3.8) is 0 Å². The van der Waals surface area contributed by atoms with E-state index in [4.69, 9.17) is 95.4 Å². The molecule has 39 nitrogen and oxygen atoms in total. The van der Waals surface area contributed by atoms with Gasteiger partial charge in [0.2, 0.25) is 17.7 Å². The zero-order chi connectivity index (χ0) is 67.9. The Balaban J connectivity index is 1.29. The zero-order valence-electron chi connectivity index (χ0n) is 51.4. The van der Waals surface area contributed by atoms with Crippen LogP contribution in [0.5, 0.6) is 0 Å². The SMILES string of the molecule is COCC1OC(OCCOCCOCCNC(=O)CCOCC(OCCC(=O)NCCOCCOCCOC2OC(COP(=O)(O)O)C(O)C(O)C2O)C(C)COCCC(=O)NCCOCCOCCOC2OC(COP(=O)(O)O)C(O)C(O)C2O)C(O)C(O)C1O. The van der Waals surface area contributed by atoms with Gasteiger partial charge >= 0.3 is 15.6 Å². The van der Waals surface area contributed by atoms with Gasteiger partial charge in [0.25, 0.3) is 0 Å². The number of hydrogen-bond donors (Lipinski definition) is 16. The normalized spacial score (nSPS) is 27.8. The molecule has 0 aromatic carbocycles. The molecule has 0 aromatic heterocycles. The summed E-state index contributed by atoms with van der Waals surface area (Å²) in [4.78, 5) is 73.3. The van der Waals surface area contributed by atoms with Gasteiger partial charge in [-0.25, -0.2) is 9.13 Å². The average molecular weight is 1390 g/mol. The lowest BCUT2D eigenvalue weighted by molar-refractivity contribution is -0.303. The third-order valence-electron chi connectivity index (χ3n) is 13.4. The smallest absolute Gasteiger partial charge is 0.387 e. The van der Waals surface area contributed by atoms with Crippen molar-refractivity contribution in [2.45, 2.75) is 124 Å². The van der Waals surface area contributed by atoms with Gasteiger partial charge in [-0.3, -0.25) is 23.4 Å². The highest BCUT2D eigenvalue weighted by Gasteiger charge is 2.47.